The van der Waals surface area contributed by atoms with E-state index < -0.39 is 10.0 Å². The number of carbonyl (C=O) groups is 1. The number of benzene rings is 1. The van der Waals surface area contributed by atoms with Crippen molar-refractivity contribution in [2.24, 2.45) is 0 Å². The summed E-state index contributed by atoms with van der Waals surface area (Å²) in [5, 5.41) is 2.71. The molecule has 1 aromatic carbocycles. The summed E-state index contributed by atoms with van der Waals surface area (Å²) in [6.07, 6.45) is 0.841. The Bertz CT molecular complexity index is 600. The lowest BCUT2D eigenvalue weighted by Crippen LogP contribution is -2.31. The maximum atomic E-state index is 12.1. The lowest BCUT2D eigenvalue weighted by atomic mass is 10.1. The van der Waals surface area contributed by atoms with Crippen LogP contribution in [-0.2, 0) is 19.6 Å². The molecule has 0 aromatic heterocycles. The van der Waals surface area contributed by atoms with Gasteiger partial charge in [-0.1, -0.05) is 6.07 Å². The lowest BCUT2D eigenvalue weighted by molar-refractivity contribution is -0.120. The van der Waals surface area contributed by atoms with E-state index in [1.807, 2.05) is 13.8 Å². The Morgan fingerprint density at radius 2 is 1.91 bits per heavy atom. The molecule has 0 fully saturated rings. The van der Waals surface area contributed by atoms with Gasteiger partial charge in [0.05, 0.1) is 4.90 Å². The van der Waals surface area contributed by atoms with Crippen molar-refractivity contribution >= 4 is 15.9 Å². The standard InChI is InChI=1S/C15H24N2O4S/c1-12-5-6-14(11-13(12)2)22(19,20)17-9-7-15(18)16-8-4-10-21-3/h5-6,11,17H,4,7-10H2,1-3H3,(H,16,18). The molecule has 22 heavy (non-hydrogen) atoms. The molecular weight excluding hydrogens is 304 g/mol. The Balaban J connectivity index is 2.42. The molecule has 0 aliphatic carbocycles. The first-order valence-corrected chi connectivity index (χ1v) is 8.67. The summed E-state index contributed by atoms with van der Waals surface area (Å²) in [7, 11) is -1.97. The van der Waals surface area contributed by atoms with E-state index in [1.165, 1.54) is 0 Å². The number of hydrogen-bond acceptors (Lipinski definition) is 4. The van der Waals surface area contributed by atoms with Crippen molar-refractivity contribution in [1.29, 1.82) is 0 Å². The number of methoxy groups -OCH3 is 1. The van der Waals surface area contributed by atoms with Gasteiger partial charge in [0.25, 0.3) is 0 Å². The second-order valence-corrected chi connectivity index (χ2v) is 6.86. The Morgan fingerprint density at radius 3 is 2.55 bits per heavy atom. The van der Waals surface area contributed by atoms with E-state index in [-0.39, 0.29) is 23.8 Å². The lowest BCUT2D eigenvalue weighted by Gasteiger charge is -2.09. The third-order valence-corrected chi connectivity index (χ3v) is 4.74. The first kappa shape index (κ1) is 18.6. The summed E-state index contributed by atoms with van der Waals surface area (Å²) in [6, 6.07) is 4.96. The molecule has 1 aromatic rings. The Hall–Kier alpha value is -1.44. The molecule has 0 spiro atoms. The predicted molar refractivity (Wildman–Crippen MR) is 85.2 cm³/mol. The van der Waals surface area contributed by atoms with Crippen LogP contribution in [0.25, 0.3) is 0 Å². The molecule has 7 heteroatoms. The molecule has 0 bridgehead atoms. The Kier molecular flexibility index (Phi) is 7.50. The van der Waals surface area contributed by atoms with E-state index in [2.05, 4.69) is 10.0 Å². The van der Waals surface area contributed by atoms with E-state index in [0.29, 0.717) is 13.2 Å². The molecule has 0 unspecified atom stereocenters. The van der Waals surface area contributed by atoms with E-state index in [9.17, 15) is 13.2 Å². The zero-order chi connectivity index (χ0) is 16.6. The van der Waals surface area contributed by atoms with Gasteiger partial charge in [-0.25, -0.2) is 13.1 Å². The summed E-state index contributed by atoms with van der Waals surface area (Å²) in [6.45, 7) is 4.97. The highest BCUT2D eigenvalue weighted by molar-refractivity contribution is 7.89. The monoisotopic (exact) mass is 328 g/mol. The fourth-order valence-corrected chi connectivity index (χ4v) is 2.91. The fourth-order valence-electron chi connectivity index (χ4n) is 1.80. The largest absolute Gasteiger partial charge is 0.385 e. The van der Waals surface area contributed by atoms with Gasteiger partial charge < -0.3 is 10.1 Å². The number of amides is 1. The molecule has 124 valence electrons. The van der Waals surface area contributed by atoms with Gasteiger partial charge in [0.1, 0.15) is 0 Å². The molecule has 0 radical (unpaired) electrons. The first-order valence-electron chi connectivity index (χ1n) is 7.19. The van der Waals surface area contributed by atoms with Crippen LogP contribution in [-0.4, -0.2) is 41.1 Å². The quantitative estimate of drug-likeness (QED) is 0.666. The molecule has 6 nitrogen and oxygen atoms in total. The summed E-state index contributed by atoms with van der Waals surface area (Å²) in [5.74, 6) is -0.182. The molecule has 0 aliphatic heterocycles. The number of carbonyl (C=O) groups excluding carboxylic acids is 1. The van der Waals surface area contributed by atoms with Crippen LogP contribution < -0.4 is 10.0 Å². The molecule has 2 N–H and O–H groups in total. The van der Waals surface area contributed by atoms with Gasteiger partial charge in [-0.15, -0.1) is 0 Å². The summed E-state index contributed by atoms with van der Waals surface area (Å²) in [4.78, 5) is 11.8. The van der Waals surface area contributed by atoms with Crippen LogP contribution in [0.1, 0.15) is 24.0 Å². The average molecular weight is 328 g/mol. The van der Waals surface area contributed by atoms with Crippen LogP contribution in [0, 0.1) is 13.8 Å². The Morgan fingerprint density at radius 1 is 1.18 bits per heavy atom. The van der Waals surface area contributed by atoms with Crippen molar-refractivity contribution in [2.75, 3.05) is 26.8 Å². The normalized spacial score (nSPS) is 11.4. The maximum Gasteiger partial charge on any atom is 0.240 e. The summed E-state index contributed by atoms with van der Waals surface area (Å²) < 4.78 is 31.5. The number of rotatable bonds is 9. The molecule has 0 atom stereocenters. The van der Waals surface area contributed by atoms with Crippen molar-refractivity contribution in [2.45, 2.75) is 31.6 Å². The number of ether oxygens (including phenoxy) is 1. The van der Waals surface area contributed by atoms with Crippen molar-refractivity contribution in [3.05, 3.63) is 29.3 Å². The second-order valence-electron chi connectivity index (χ2n) is 5.09. The van der Waals surface area contributed by atoms with Gasteiger partial charge in [0, 0.05) is 33.2 Å². The molecule has 0 saturated carbocycles. The summed E-state index contributed by atoms with van der Waals surface area (Å²) in [5.41, 5.74) is 1.95. The van der Waals surface area contributed by atoms with Gasteiger partial charge in [0.2, 0.25) is 15.9 Å². The van der Waals surface area contributed by atoms with Crippen LogP contribution in [0.3, 0.4) is 0 Å². The third kappa shape index (κ3) is 6.13. The zero-order valence-corrected chi connectivity index (χ0v) is 14.1. The van der Waals surface area contributed by atoms with E-state index in [4.69, 9.17) is 4.74 Å². The van der Waals surface area contributed by atoms with Gasteiger partial charge in [0.15, 0.2) is 0 Å². The van der Waals surface area contributed by atoms with E-state index in [1.54, 1.807) is 25.3 Å². The van der Waals surface area contributed by atoms with Crippen molar-refractivity contribution in [1.82, 2.24) is 10.0 Å². The third-order valence-electron chi connectivity index (χ3n) is 3.28. The van der Waals surface area contributed by atoms with E-state index >= 15 is 0 Å². The van der Waals surface area contributed by atoms with Crippen LogP contribution in [0.2, 0.25) is 0 Å². The molecule has 0 aliphatic rings. The Labute approximate surface area is 132 Å². The average Bonchev–Trinajstić information content (AvgIpc) is 2.46. The smallest absolute Gasteiger partial charge is 0.240 e. The molecule has 0 heterocycles. The van der Waals surface area contributed by atoms with Crippen LogP contribution in [0.5, 0.6) is 0 Å². The molecule has 1 rings (SSSR count). The molecule has 0 saturated heterocycles. The minimum absolute atomic E-state index is 0.0748. The van der Waals surface area contributed by atoms with Gasteiger partial charge in [-0.2, -0.15) is 0 Å². The van der Waals surface area contributed by atoms with Crippen molar-refractivity contribution < 1.29 is 17.9 Å². The van der Waals surface area contributed by atoms with Crippen LogP contribution in [0.4, 0.5) is 0 Å². The zero-order valence-electron chi connectivity index (χ0n) is 13.3. The number of nitrogens with one attached hydrogen (secondary N) is 2. The number of sulfonamides is 1. The predicted octanol–water partition coefficient (Wildman–Crippen LogP) is 1.12. The van der Waals surface area contributed by atoms with E-state index in [0.717, 1.165) is 17.5 Å². The van der Waals surface area contributed by atoms with Crippen LogP contribution in [0.15, 0.2) is 23.1 Å². The maximum absolute atomic E-state index is 12.1. The molecular formula is C15H24N2O4S. The van der Waals surface area contributed by atoms with Gasteiger partial charge >= 0.3 is 0 Å². The number of aryl methyl sites for hydroxylation is 2. The van der Waals surface area contributed by atoms with Crippen molar-refractivity contribution in [3.8, 4) is 0 Å². The number of hydrogen-bond donors (Lipinski definition) is 2. The minimum Gasteiger partial charge on any atom is -0.385 e. The topological polar surface area (TPSA) is 84.5 Å². The highest BCUT2D eigenvalue weighted by Gasteiger charge is 2.14. The molecule has 1 amide bonds. The van der Waals surface area contributed by atoms with Crippen LogP contribution >= 0.6 is 0 Å². The highest BCUT2D eigenvalue weighted by Crippen LogP contribution is 2.14. The minimum atomic E-state index is -3.57. The first-order chi connectivity index (χ1) is 10.4. The van der Waals surface area contributed by atoms with Gasteiger partial charge in [-0.3, -0.25) is 4.79 Å². The fraction of sp³-hybridized carbons (Fsp3) is 0.533. The van der Waals surface area contributed by atoms with Crippen molar-refractivity contribution in [3.63, 3.8) is 0 Å². The second kappa shape index (κ2) is 8.87. The SMILES string of the molecule is COCCCNC(=O)CCNS(=O)(=O)c1ccc(C)c(C)c1. The summed E-state index contributed by atoms with van der Waals surface area (Å²) >= 11 is 0. The highest BCUT2D eigenvalue weighted by atomic mass is 32.2. The van der Waals surface area contributed by atoms with Gasteiger partial charge in [-0.05, 0) is 43.5 Å².